The third-order valence-corrected chi connectivity index (χ3v) is 2.38. The second-order valence-electron chi connectivity index (χ2n) is 4.57. The van der Waals surface area contributed by atoms with E-state index in [2.05, 4.69) is 4.74 Å². The van der Waals surface area contributed by atoms with Gasteiger partial charge in [-0.05, 0) is 13.8 Å². The normalized spacial score (nSPS) is 17.7. The van der Waals surface area contributed by atoms with Gasteiger partial charge in [0.15, 0.2) is 0 Å². The van der Waals surface area contributed by atoms with Gasteiger partial charge in [0, 0.05) is 12.8 Å². The van der Waals surface area contributed by atoms with Crippen LogP contribution in [0, 0.1) is 0 Å². The predicted molar refractivity (Wildman–Crippen MR) is 51.2 cm³/mol. The van der Waals surface area contributed by atoms with Gasteiger partial charge in [-0.3, -0.25) is 0 Å². The lowest BCUT2D eigenvalue weighted by Gasteiger charge is -2.27. The smallest absolute Gasteiger partial charge is 0.375 e. The Morgan fingerprint density at radius 3 is 1.05 bits per heavy atom. The molecule has 0 saturated heterocycles. The Hall–Kier alpha value is -0.740. The molecular weight excluding hydrogens is 326 g/mol. The minimum atomic E-state index is -5.86. The summed E-state index contributed by atoms with van der Waals surface area (Å²) in [4.78, 5) is 0. The molecule has 2 atom stereocenters. The summed E-state index contributed by atoms with van der Waals surface area (Å²) in [5, 5.41) is 0. The first kappa shape index (κ1) is 20.3. The van der Waals surface area contributed by atoms with E-state index in [1.165, 1.54) is 0 Å². The third-order valence-electron chi connectivity index (χ3n) is 2.38. The van der Waals surface area contributed by atoms with E-state index in [1.54, 1.807) is 0 Å². The van der Waals surface area contributed by atoms with Crippen LogP contribution >= 0.6 is 0 Å². The summed E-state index contributed by atoms with van der Waals surface area (Å²) >= 11 is 0. The summed E-state index contributed by atoms with van der Waals surface area (Å²) in [7, 11) is 0. The number of hydrogen-bond donors (Lipinski definition) is 0. The molecule has 0 bridgehead atoms. The Kier molecular flexibility index (Phi) is 5.95. The zero-order valence-corrected chi connectivity index (χ0v) is 10.8. The highest BCUT2D eigenvalue weighted by Crippen LogP contribution is 2.41. The van der Waals surface area contributed by atoms with Crippen LogP contribution in [0.1, 0.15) is 26.7 Å². The second-order valence-corrected chi connectivity index (χ2v) is 4.57. The fourth-order valence-electron chi connectivity index (χ4n) is 1.45. The van der Waals surface area contributed by atoms with E-state index in [0.717, 1.165) is 13.8 Å². The molecule has 0 saturated carbocycles. The molecule has 11 heteroatoms. The molecule has 0 aliphatic heterocycles. The molecule has 0 aromatic rings. The van der Waals surface area contributed by atoms with Crippen LogP contribution in [0.4, 0.5) is 43.9 Å². The molecule has 2 unspecified atom stereocenters. The van der Waals surface area contributed by atoms with Gasteiger partial charge < -0.3 is 4.74 Å². The van der Waals surface area contributed by atoms with Crippen molar-refractivity contribution in [2.45, 2.75) is 63.1 Å². The van der Waals surface area contributed by atoms with E-state index in [-0.39, 0.29) is 0 Å². The van der Waals surface area contributed by atoms with Crippen molar-refractivity contribution in [2.75, 3.05) is 0 Å². The fourth-order valence-corrected chi connectivity index (χ4v) is 1.45. The van der Waals surface area contributed by atoms with Crippen molar-refractivity contribution in [1.82, 2.24) is 0 Å². The predicted octanol–water partition coefficient (Wildman–Crippen LogP) is 4.96. The number of halogens is 10. The van der Waals surface area contributed by atoms with Gasteiger partial charge in [-0.2, -0.15) is 43.9 Å². The summed E-state index contributed by atoms with van der Waals surface area (Å²) in [5.74, 6) is -10.3. The van der Waals surface area contributed by atoms with E-state index in [1.807, 2.05) is 0 Å². The van der Waals surface area contributed by atoms with Crippen LogP contribution in [0.5, 0.6) is 0 Å². The van der Waals surface area contributed by atoms with Crippen LogP contribution in [0.15, 0.2) is 0 Å². The molecule has 0 aliphatic rings. The highest BCUT2D eigenvalue weighted by Gasteiger charge is 2.59. The zero-order chi connectivity index (χ0) is 17.3. The average molecular weight is 338 g/mol. The van der Waals surface area contributed by atoms with Gasteiger partial charge in [-0.15, -0.1) is 0 Å². The lowest BCUT2D eigenvalue weighted by Crippen LogP contribution is -2.42. The maximum Gasteiger partial charge on any atom is 0.453 e. The van der Waals surface area contributed by atoms with Crippen molar-refractivity contribution in [2.24, 2.45) is 0 Å². The molecule has 0 aliphatic carbocycles. The molecule has 0 aromatic heterocycles. The van der Waals surface area contributed by atoms with E-state index in [4.69, 9.17) is 0 Å². The van der Waals surface area contributed by atoms with Gasteiger partial charge in [-0.25, -0.2) is 0 Å². The van der Waals surface area contributed by atoms with Crippen LogP contribution in [0.2, 0.25) is 0 Å². The largest absolute Gasteiger partial charge is 0.453 e. The summed E-state index contributed by atoms with van der Waals surface area (Å²) in [6.07, 6.45) is -19.2. The first-order valence-electron chi connectivity index (χ1n) is 5.54. The number of ether oxygens (including phenoxy) is 1. The van der Waals surface area contributed by atoms with Crippen LogP contribution in [0.3, 0.4) is 0 Å². The van der Waals surface area contributed by atoms with E-state index < -0.39 is 49.2 Å². The van der Waals surface area contributed by atoms with Gasteiger partial charge >= 0.3 is 24.2 Å². The van der Waals surface area contributed by atoms with Crippen molar-refractivity contribution < 1.29 is 48.6 Å². The average Bonchev–Trinajstić information content (AvgIpc) is 2.10. The van der Waals surface area contributed by atoms with Gasteiger partial charge in [0.05, 0.1) is 12.2 Å². The first-order chi connectivity index (χ1) is 8.99. The van der Waals surface area contributed by atoms with E-state index >= 15 is 0 Å². The number of alkyl halides is 10. The maximum atomic E-state index is 12.6. The SMILES string of the molecule is CC(CC(F)(F)C(F)(F)F)OC(C)CC(F)(F)C(F)(F)F. The molecule has 21 heavy (non-hydrogen) atoms. The monoisotopic (exact) mass is 338 g/mol. The molecule has 0 spiro atoms. The Morgan fingerprint density at radius 2 is 0.857 bits per heavy atom. The maximum absolute atomic E-state index is 12.6. The Morgan fingerprint density at radius 1 is 0.619 bits per heavy atom. The van der Waals surface area contributed by atoms with Crippen molar-refractivity contribution in [3.8, 4) is 0 Å². The number of rotatable bonds is 6. The van der Waals surface area contributed by atoms with Gasteiger partial charge in [0.25, 0.3) is 0 Å². The minimum absolute atomic E-state index is 0.724. The molecule has 0 aromatic carbocycles. The van der Waals surface area contributed by atoms with E-state index in [0.29, 0.717) is 0 Å². The lowest BCUT2D eigenvalue weighted by molar-refractivity contribution is -0.299. The Bertz CT molecular complexity index is 300. The summed E-state index contributed by atoms with van der Waals surface area (Å²) in [6.45, 7) is 1.45. The van der Waals surface area contributed by atoms with Gasteiger partial charge in [0.1, 0.15) is 0 Å². The quantitative estimate of drug-likeness (QED) is 0.622. The van der Waals surface area contributed by atoms with Crippen LogP contribution in [-0.2, 0) is 4.74 Å². The van der Waals surface area contributed by atoms with Gasteiger partial charge in [0.2, 0.25) is 0 Å². The molecule has 0 fully saturated rings. The first-order valence-corrected chi connectivity index (χ1v) is 5.54. The summed E-state index contributed by atoms with van der Waals surface area (Å²) in [5.41, 5.74) is 0. The van der Waals surface area contributed by atoms with E-state index in [9.17, 15) is 43.9 Å². The molecule has 0 heterocycles. The lowest BCUT2D eigenvalue weighted by atomic mass is 10.1. The van der Waals surface area contributed by atoms with Crippen molar-refractivity contribution in [1.29, 1.82) is 0 Å². The van der Waals surface area contributed by atoms with Crippen LogP contribution < -0.4 is 0 Å². The standard InChI is InChI=1S/C10H12F10O/c1-5(3-7(11,12)9(15,16)17)21-6(2)4-8(13,14)10(18,19)20/h5-6H,3-4H2,1-2H3. The summed E-state index contributed by atoms with van der Waals surface area (Å²) < 4.78 is 126. The van der Waals surface area contributed by atoms with Crippen LogP contribution in [0.25, 0.3) is 0 Å². The molecule has 128 valence electrons. The summed E-state index contributed by atoms with van der Waals surface area (Å²) in [6, 6.07) is 0. The molecule has 0 amide bonds. The highest BCUT2D eigenvalue weighted by molar-refractivity contribution is 4.81. The zero-order valence-electron chi connectivity index (χ0n) is 10.8. The Balaban J connectivity index is 4.58. The third kappa shape index (κ3) is 5.87. The molecular formula is C10H12F10O. The fraction of sp³-hybridized carbons (Fsp3) is 1.00. The number of hydrogen-bond acceptors (Lipinski definition) is 1. The highest BCUT2D eigenvalue weighted by atomic mass is 19.4. The van der Waals surface area contributed by atoms with Crippen molar-refractivity contribution >= 4 is 0 Å². The molecule has 0 rings (SSSR count). The van der Waals surface area contributed by atoms with Crippen molar-refractivity contribution in [3.63, 3.8) is 0 Å². The molecule has 1 nitrogen and oxygen atoms in total. The topological polar surface area (TPSA) is 9.23 Å². The van der Waals surface area contributed by atoms with Crippen LogP contribution in [-0.4, -0.2) is 36.4 Å². The minimum Gasteiger partial charge on any atom is -0.375 e. The molecule has 0 N–H and O–H groups in total. The van der Waals surface area contributed by atoms with Gasteiger partial charge in [-0.1, -0.05) is 0 Å². The Labute approximate surface area is 113 Å². The molecule has 0 radical (unpaired) electrons. The second kappa shape index (κ2) is 6.17. The van der Waals surface area contributed by atoms with Crippen molar-refractivity contribution in [3.05, 3.63) is 0 Å².